The van der Waals surface area contributed by atoms with Gasteiger partial charge in [-0.2, -0.15) is 0 Å². The van der Waals surface area contributed by atoms with Gasteiger partial charge in [-0.05, 0) is 13.0 Å². The molecule has 0 heterocycles. The maximum absolute atomic E-state index is 11.4. The molecular weight excluding hydrogens is 250 g/mol. The summed E-state index contributed by atoms with van der Waals surface area (Å²) in [7, 11) is 1.26. The van der Waals surface area contributed by atoms with Crippen molar-refractivity contribution in [1.29, 1.82) is 0 Å². The van der Waals surface area contributed by atoms with Crippen molar-refractivity contribution in [3.05, 3.63) is 32.8 Å². The van der Waals surface area contributed by atoms with Crippen LogP contribution < -0.4 is 4.74 Å². The summed E-state index contributed by atoms with van der Waals surface area (Å²) >= 11 is 5.79. The van der Waals surface area contributed by atoms with Crippen LogP contribution in [0, 0.1) is 10.1 Å². The maximum Gasteiger partial charge on any atom is 0.338 e. The Kier molecular flexibility index (Phi) is 4.28. The van der Waals surface area contributed by atoms with Gasteiger partial charge in [-0.15, -0.1) is 0 Å². The molecule has 92 valence electrons. The van der Waals surface area contributed by atoms with Crippen LogP contribution in [-0.4, -0.2) is 24.6 Å². The number of methoxy groups -OCH3 is 1. The summed E-state index contributed by atoms with van der Waals surface area (Å²) in [6.45, 7) is 1.81. The van der Waals surface area contributed by atoms with Crippen molar-refractivity contribution in [2.24, 2.45) is 0 Å². The molecule has 1 rings (SSSR count). The summed E-state index contributed by atoms with van der Waals surface area (Å²) in [6.07, 6.45) is 0. The van der Waals surface area contributed by atoms with E-state index < -0.39 is 10.9 Å². The lowest BCUT2D eigenvalue weighted by Crippen LogP contribution is -2.06. The predicted octanol–water partition coefficient (Wildman–Crippen LogP) is 2.43. The van der Waals surface area contributed by atoms with Crippen LogP contribution in [-0.2, 0) is 4.74 Å². The zero-order valence-electron chi connectivity index (χ0n) is 9.23. The highest BCUT2D eigenvalue weighted by Crippen LogP contribution is 2.35. The molecule has 0 bridgehead atoms. The minimum absolute atomic E-state index is 0.00949. The van der Waals surface area contributed by atoms with Gasteiger partial charge in [0.25, 0.3) is 0 Å². The molecule has 0 N–H and O–H groups in total. The van der Waals surface area contributed by atoms with Crippen LogP contribution in [0.5, 0.6) is 5.75 Å². The maximum atomic E-state index is 11.4. The van der Waals surface area contributed by atoms with Gasteiger partial charge < -0.3 is 9.47 Å². The highest BCUT2D eigenvalue weighted by atomic mass is 35.5. The molecular formula is C10H10ClNO5. The number of esters is 1. The van der Waals surface area contributed by atoms with E-state index in [9.17, 15) is 14.9 Å². The van der Waals surface area contributed by atoms with E-state index in [-0.39, 0.29) is 28.6 Å². The average molecular weight is 260 g/mol. The number of rotatable bonds is 4. The van der Waals surface area contributed by atoms with Crippen molar-refractivity contribution >= 4 is 23.3 Å². The van der Waals surface area contributed by atoms with Gasteiger partial charge in [-0.3, -0.25) is 10.1 Å². The summed E-state index contributed by atoms with van der Waals surface area (Å²) in [5, 5.41) is 10.8. The van der Waals surface area contributed by atoms with E-state index >= 15 is 0 Å². The van der Waals surface area contributed by atoms with Crippen LogP contribution in [0.4, 0.5) is 5.69 Å². The number of carbonyl (C=O) groups excluding carboxylic acids is 1. The monoisotopic (exact) mass is 259 g/mol. The Labute approximate surface area is 102 Å². The molecule has 0 aliphatic rings. The van der Waals surface area contributed by atoms with Gasteiger partial charge in [0.1, 0.15) is 0 Å². The highest BCUT2D eigenvalue weighted by molar-refractivity contribution is 6.32. The molecule has 0 fully saturated rings. The summed E-state index contributed by atoms with van der Waals surface area (Å²) in [6, 6.07) is 2.34. The fourth-order valence-electron chi connectivity index (χ4n) is 1.25. The van der Waals surface area contributed by atoms with Crippen molar-refractivity contribution in [3.8, 4) is 5.75 Å². The Bertz CT molecular complexity index is 460. The number of benzene rings is 1. The number of nitro benzene ring substituents is 1. The van der Waals surface area contributed by atoms with Gasteiger partial charge in [-0.25, -0.2) is 4.79 Å². The molecule has 17 heavy (non-hydrogen) atoms. The predicted molar refractivity (Wildman–Crippen MR) is 60.6 cm³/mol. The molecule has 6 nitrogen and oxygen atoms in total. The van der Waals surface area contributed by atoms with Crippen molar-refractivity contribution in [2.45, 2.75) is 6.92 Å². The second kappa shape index (κ2) is 5.49. The van der Waals surface area contributed by atoms with Crippen molar-refractivity contribution in [1.82, 2.24) is 0 Å². The van der Waals surface area contributed by atoms with E-state index in [1.807, 2.05) is 0 Å². The number of hydrogen-bond acceptors (Lipinski definition) is 5. The fourth-order valence-corrected chi connectivity index (χ4v) is 1.54. The first-order chi connectivity index (χ1) is 8.01. The van der Waals surface area contributed by atoms with E-state index in [2.05, 4.69) is 0 Å². The normalized spacial score (nSPS) is 9.82. The number of ether oxygens (including phenoxy) is 2. The molecule has 0 amide bonds. The van der Waals surface area contributed by atoms with Crippen LogP contribution in [0.15, 0.2) is 12.1 Å². The van der Waals surface area contributed by atoms with Crippen molar-refractivity contribution in [2.75, 3.05) is 13.7 Å². The van der Waals surface area contributed by atoms with Crippen LogP contribution in [0.25, 0.3) is 0 Å². The van der Waals surface area contributed by atoms with E-state index in [1.165, 1.54) is 13.2 Å². The third-order valence-corrected chi connectivity index (χ3v) is 2.22. The second-order valence-electron chi connectivity index (χ2n) is 2.99. The molecule has 0 saturated carbocycles. The molecule has 0 radical (unpaired) electrons. The molecule has 0 spiro atoms. The molecule has 0 aliphatic heterocycles. The minimum atomic E-state index is -0.673. The Morgan fingerprint density at radius 2 is 2.18 bits per heavy atom. The average Bonchev–Trinajstić information content (AvgIpc) is 2.28. The van der Waals surface area contributed by atoms with Crippen LogP contribution >= 0.6 is 11.6 Å². The minimum Gasteiger partial charge on any atom is -0.489 e. The molecule has 0 aliphatic carbocycles. The van der Waals surface area contributed by atoms with Gasteiger partial charge in [-0.1, -0.05) is 11.6 Å². The van der Waals surface area contributed by atoms with E-state index in [0.717, 1.165) is 6.07 Å². The zero-order chi connectivity index (χ0) is 13.0. The zero-order valence-corrected chi connectivity index (χ0v) is 9.98. The fraction of sp³-hybridized carbons (Fsp3) is 0.300. The third kappa shape index (κ3) is 2.85. The molecule has 0 atom stereocenters. The van der Waals surface area contributed by atoms with Gasteiger partial charge in [0, 0.05) is 6.07 Å². The summed E-state index contributed by atoms with van der Waals surface area (Å²) < 4.78 is 9.54. The summed E-state index contributed by atoms with van der Waals surface area (Å²) in [5.74, 6) is -0.745. The van der Waals surface area contributed by atoms with Gasteiger partial charge in [0.15, 0.2) is 0 Å². The molecule has 0 saturated heterocycles. The quantitative estimate of drug-likeness (QED) is 0.471. The highest BCUT2D eigenvalue weighted by Gasteiger charge is 2.22. The third-order valence-electron chi connectivity index (χ3n) is 1.94. The van der Waals surface area contributed by atoms with Gasteiger partial charge in [0.05, 0.1) is 29.2 Å². The summed E-state index contributed by atoms with van der Waals surface area (Å²) in [5.41, 5.74) is -0.354. The van der Waals surface area contributed by atoms with Crippen LogP contribution in [0.2, 0.25) is 5.02 Å². The van der Waals surface area contributed by atoms with Crippen molar-refractivity contribution < 1.29 is 19.2 Å². The van der Waals surface area contributed by atoms with Gasteiger partial charge in [0.2, 0.25) is 5.75 Å². The first kappa shape index (κ1) is 13.2. The molecule has 7 heteroatoms. The lowest BCUT2D eigenvalue weighted by molar-refractivity contribution is -0.385. The molecule has 0 aromatic heterocycles. The Balaban J connectivity index is 3.29. The second-order valence-corrected chi connectivity index (χ2v) is 3.40. The standard InChI is InChI=1S/C10H10ClNO5/c1-3-17-10(13)6-4-7(11)9(16-2)8(5-6)12(14)15/h4-5H,3H2,1-2H3. The van der Waals surface area contributed by atoms with Gasteiger partial charge >= 0.3 is 11.7 Å². The Morgan fingerprint density at radius 3 is 2.65 bits per heavy atom. The first-order valence-corrected chi connectivity index (χ1v) is 5.08. The molecule has 1 aromatic carbocycles. The van der Waals surface area contributed by atoms with E-state index in [0.29, 0.717) is 0 Å². The lowest BCUT2D eigenvalue weighted by atomic mass is 10.2. The van der Waals surface area contributed by atoms with E-state index in [1.54, 1.807) is 6.92 Å². The number of nitrogens with zero attached hydrogens (tertiary/aromatic N) is 1. The number of carbonyl (C=O) groups is 1. The Hall–Kier alpha value is -1.82. The number of nitro groups is 1. The SMILES string of the molecule is CCOC(=O)c1cc(Cl)c(OC)c([N+](=O)[O-])c1. The van der Waals surface area contributed by atoms with Crippen molar-refractivity contribution in [3.63, 3.8) is 0 Å². The number of halogens is 1. The van der Waals surface area contributed by atoms with E-state index in [4.69, 9.17) is 21.1 Å². The first-order valence-electron chi connectivity index (χ1n) is 4.70. The van der Waals surface area contributed by atoms with Crippen LogP contribution in [0.1, 0.15) is 17.3 Å². The molecule has 0 unspecified atom stereocenters. The largest absolute Gasteiger partial charge is 0.489 e. The summed E-state index contributed by atoms with van der Waals surface area (Å²) in [4.78, 5) is 21.5. The number of hydrogen-bond donors (Lipinski definition) is 0. The lowest BCUT2D eigenvalue weighted by Gasteiger charge is -2.06. The topological polar surface area (TPSA) is 78.7 Å². The Morgan fingerprint density at radius 1 is 1.53 bits per heavy atom. The smallest absolute Gasteiger partial charge is 0.338 e. The molecule has 1 aromatic rings. The van der Waals surface area contributed by atoms with Crippen LogP contribution in [0.3, 0.4) is 0 Å².